The number of ketones is 2. The molecular weight excluding hydrogens is 136 g/mol. The molecule has 0 aromatic heterocycles. The molecule has 0 aliphatic heterocycles. The van der Waals surface area contributed by atoms with Gasteiger partial charge < -0.3 is 10.2 Å². The molecule has 0 bridgehead atoms. The summed E-state index contributed by atoms with van der Waals surface area (Å²) in [6.45, 7) is -0.850. The Labute approximate surface area is 56.8 Å². The van der Waals surface area contributed by atoms with Gasteiger partial charge in [0, 0.05) is 0 Å². The van der Waals surface area contributed by atoms with Gasteiger partial charge in [0.25, 0.3) is 0 Å². The van der Waals surface area contributed by atoms with Crippen molar-refractivity contribution < 1.29 is 19.8 Å². The summed E-state index contributed by atoms with van der Waals surface area (Å²) in [6.07, 6.45) is 1.91. The van der Waals surface area contributed by atoms with Crippen LogP contribution in [0.25, 0.3) is 0 Å². The number of carbonyl (C=O) groups is 2. The maximum atomic E-state index is 10.6. The third kappa shape index (κ3) is 0.698. The minimum Gasteiger partial charge on any atom is -0.392 e. The van der Waals surface area contributed by atoms with Crippen molar-refractivity contribution in [1.29, 1.82) is 0 Å². The summed E-state index contributed by atoms with van der Waals surface area (Å²) in [5.74, 6) is -1.50. The molecule has 0 atom stereocenters. The van der Waals surface area contributed by atoms with Gasteiger partial charge in [-0.05, 0) is 12.2 Å². The van der Waals surface area contributed by atoms with Gasteiger partial charge in [0.2, 0.25) is 5.60 Å². The van der Waals surface area contributed by atoms with Gasteiger partial charge in [-0.25, -0.2) is 0 Å². The van der Waals surface area contributed by atoms with E-state index in [1.807, 2.05) is 0 Å². The van der Waals surface area contributed by atoms with E-state index in [1.54, 1.807) is 0 Å². The molecule has 0 fully saturated rings. The molecule has 0 amide bonds. The van der Waals surface area contributed by atoms with Crippen LogP contribution < -0.4 is 0 Å². The number of hydrogen-bond donors (Lipinski definition) is 2. The van der Waals surface area contributed by atoms with Crippen LogP contribution in [-0.4, -0.2) is 34.0 Å². The van der Waals surface area contributed by atoms with Crippen molar-refractivity contribution in [2.75, 3.05) is 6.61 Å². The van der Waals surface area contributed by atoms with Crippen LogP contribution in [0.3, 0.4) is 0 Å². The standard InChI is InChI=1S/C6H6O4/c7-3-6(10)4(8)1-2-5(6)9/h1-2,7,10H,3H2. The molecule has 0 heterocycles. The van der Waals surface area contributed by atoms with Crippen LogP contribution in [0.1, 0.15) is 0 Å². The Hall–Kier alpha value is -1.00. The van der Waals surface area contributed by atoms with E-state index in [-0.39, 0.29) is 0 Å². The molecule has 0 radical (unpaired) electrons. The van der Waals surface area contributed by atoms with Crippen LogP contribution in [0.2, 0.25) is 0 Å². The largest absolute Gasteiger partial charge is 0.392 e. The molecule has 4 nitrogen and oxygen atoms in total. The van der Waals surface area contributed by atoms with Gasteiger partial charge in [0.1, 0.15) is 0 Å². The monoisotopic (exact) mass is 142 g/mol. The van der Waals surface area contributed by atoms with Crippen molar-refractivity contribution in [3.8, 4) is 0 Å². The normalized spacial score (nSPS) is 22.2. The van der Waals surface area contributed by atoms with Crippen molar-refractivity contribution in [2.24, 2.45) is 0 Å². The van der Waals surface area contributed by atoms with E-state index >= 15 is 0 Å². The molecule has 1 aliphatic carbocycles. The first-order valence-corrected chi connectivity index (χ1v) is 2.71. The number of aliphatic hydroxyl groups is 2. The molecule has 0 saturated heterocycles. The molecule has 54 valence electrons. The molecule has 0 saturated carbocycles. The first-order chi connectivity index (χ1) is 4.61. The zero-order chi connectivity index (χ0) is 7.78. The fraction of sp³-hybridized carbons (Fsp3) is 0.333. The lowest BCUT2D eigenvalue weighted by atomic mass is 10.0. The van der Waals surface area contributed by atoms with E-state index in [2.05, 4.69) is 0 Å². The highest BCUT2D eigenvalue weighted by molar-refractivity contribution is 6.25. The van der Waals surface area contributed by atoms with Crippen LogP contribution in [0, 0.1) is 0 Å². The average molecular weight is 142 g/mol. The van der Waals surface area contributed by atoms with Crippen LogP contribution in [0.15, 0.2) is 12.2 Å². The van der Waals surface area contributed by atoms with E-state index in [0.29, 0.717) is 0 Å². The SMILES string of the molecule is O=C1C=CC(=O)C1(O)CO. The van der Waals surface area contributed by atoms with Gasteiger partial charge in [-0.3, -0.25) is 9.59 Å². The lowest BCUT2D eigenvalue weighted by Crippen LogP contribution is -2.44. The van der Waals surface area contributed by atoms with E-state index in [1.165, 1.54) is 0 Å². The topological polar surface area (TPSA) is 74.6 Å². The molecule has 0 aromatic rings. The Bertz CT molecular complexity index is 198. The third-order valence-electron chi connectivity index (χ3n) is 1.43. The summed E-state index contributed by atoms with van der Waals surface area (Å²) in [6, 6.07) is 0. The van der Waals surface area contributed by atoms with Gasteiger partial charge in [0.15, 0.2) is 11.6 Å². The predicted octanol–water partition coefficient (Wildman–Crippen LogP) is -1.58. The maximum Gasteiger partial charge on any atom is 0.212 e. The van der Waals surface area contributed by atoms with Crippen molar-refractivity contribution in [3.05, 3.63) is 12.2 Å². The summed E-state index contributed by atoms with van der Waals surface area (Å²) in [7, 11) is 0. The minimum absolute atomic E-state index is 0.750. The molecule has 2 N–H and O–H groups in total. The lowest BCUT2D eigenvalue weighted by Gasteiger charge is -2.13. The lowest BCUT2D eigenvalue weighted by molar-refractivity contribution is -0.146. The fourth-order valence-corrected chi connectivity index (χ4v) is 0.704. The van der Waals surface area contributed by atoms with Crippen LogP contribution in [-0.2, 0) is 9.59 Å². The summed E-state index contributed by atoms with van der Waals surface area (Å²) < 4.78 is 0. The van der Waals surface area contributed by atoms with Gasteiger partial charge in [-0.15, -0.1) is 0 Å². The number of rotatable bonds is 1. The fourth-order valence-electron chi connectivity index (χ4n) is 0.704. The second-order valence-electron chi connectivity index (χ2n) is 2.08. The van der Waals surface area contributed by atoms with Gasteiger partial charge in [-0.1, -0.05) is 0 Å². The van der Waals surface area contributed by atoms with Crippen molar-refractivity contribution in [3.63, 3.8) is 0 Å². The third-order valence-corrected chi connectivity index (χ3v) is 1.43. The van der Waals surface area contributed by atoms with Crippen LogP contribution >= 0.6 is 0 Å². The quantitative estimate of drug-likeness (QED) is 0.433. The Morgan fingerprint density at radius 2 is 1.70 bits per heavy atom. The van der Waals surface area contributed by atoms with Crippen molar-refractivity contribution in [2.45, 2.75) is 5.60 Å². The molecule has 10 heavy (non-hydrogen) atoms. The summed E-state index contributed by atoms with van der Waals surface area (Å²) >= 11 is 0. The summed E-state index contributed by atoms with van der Waals surface area (Å²) in [4.78, 5) is 21.2. The van der Waals surface area contributed by atoms with Crippen molar-refractivity contribution >= 4 is 11.6 Å². The number of aliphatic hydroxyl groups excluding tert-OH is 1. The smallest absolute Gasteiger partial charge is 0.212 e. The molecule has 1 aliphatic rings. The molecule has 0 unspecified atom stereocenters. The number of hydrogen-bond acceptors (Lipinski definition) is 4. The first kappa shape index (κ1) is 7.11. The van der Waals surface area contributed by atoms with Gasteiger partial charge in [0.05, 0.1) is 6.61 Å². The predicted molar refractivity (Wildman–Crippen MR) is 31.2 cm³/mol. The summed E-state index contributed by atoms with van der Waals surface area (Å²) in [5, 5.41) is 17.5. The van der Waals surface area contributed by atoms with Gasteiger partial charge >= 0.3 is 0 Å². The van der Waals surface area contributed by atoms with E-state index in [0.717, 1.165) is 12.2 Å². The molecule has 0 aromatic carbocycles. The second-order valence-corrected chi connectivity index (χ2v) is 2.08. The van der Waals surface area contributed by atoms with Crippen LogP contribution in [0.4, 0.5) is 0 Å². The average Bonchev–Trinajstić information content (AvgIpc) is 2.18. The van der Waals surface area contributed by atoms with E-state index in [9.17, 15) is 9.59 Å². The molecule has 1 rings (SSSR count). The van der Waals surface area contributed by atoms with E-state index in [4.69, 9.17) is 10.2 Å². The molecule has 0 spiro atoms. The first-order valence-electron chi connectivity index (χ1n) is 2.71. The Kier molecular flexibility index (Phi) is 1.42. The molecule has 4 heteroatoms. The highest BCUT2D eigenvalue weighted by Gasteiger charge is 2.43. The van der Waals surface area contributed by atoms with Crippen LogP contribution in [0.5, 0.6) is 0 Å². The maximum absolute atomic E-state index is 10.6. The highest BCUT2D eigenvalue weighted by atomic mass is 16.3. The zero-order valence-electron chi connectivity index (χ0n) is 5.07. The molecular formula is C6H6O4. The Balaban J connectivity index is 2.98. The van der Waals surface area contributed by atoms with Crippen molar-refractivity contribution in [1.82, 2.24) is 0 Å². The van der Waals surface area contributed by atoms with Gasteiger partial charge in [-0.2, -0.15) is 0 Å². The minimum atomic E-state index is -2.18. The number of carbonyl (C=O) groups excluding carboxylic acids is 2. The summed E-state index contributed by atoms with van der Waals surface area (Å²) in [5.41, 5.74) is -2.18. The zero-order valence-corrected chi connectivity index (χ0v) is 5.07. The second kappa shape index (κ2) is 2.00. The Morgan fingerprint density at radius 3 is 1.90 bits per heavy atom. The Morgan fingerprint density at radius 1 is 1.30 bits per heavy atom. The highest BCUT2D eigenvalue weighted by Crippen LogP contribution is 2.14. The van der Waals surface area contributed by atoms with E-state index < -0.39 is 23.8 Å².